The van der Waals surface area contributed by atoms with Crippen molar-refractivity contribution >= 4 is 17.7 Å². The predicted octanol–water partition coefficient (Wildman–Crippen LogP) is 4.20. The molecule has 0 aliphatic rings. The van der Waals surface area contributed by atoms with Gasteiger partial charge in [-0.25, -0.2) is 0 Å². The third-order valence-electron chi connectivity index (χ3n) is 3.77. The van der Waals surface area contributed by atoms with Crippen LogP contribution in [0, 0.1) is 6.92 Å². The Kier molecular flexibility index (Phi) is 6.13. The molecular weight excluding hydrogens is 351 g/mol. The highest BCUT2D eigenvalue weighted by Gasteiger charge is 2.34. The molecule has 0 aliphatic carbocycles. The number of rotatable bonds is 5. The molecule has 1 amide bonds. The number of thioether (sulfide) groups is 1. The molecule has 2 rings (SSSR count). The van der Waals surface area contributed by atoms with Gasteiger partial charge >= 0.3 is 6.18 Å². The molecule has 0 saturated carbocycles. The van der Waals surface area contributed by atoms with Crippen molar-refractivity contribution in [1.82, 2.24) is 5.32 Å². The summed E-state index contributed by atoms with van der Waals surface area (Å²) >= 11 is 1.48. The Bertz CT molecular complexity index is 762. The Morgan fingerprint density at radius 2 is 1.92 bits per heavy atom. The van der Waals surface area contributed by atoms with Gasteiger partial charge in [0.15, 0.2) is 0 Å². The number of aliphatic hydroxyl groups excluding tert-OH is 1. The van der Waals surface area contributed by atoms with Gasteiger partial charge in [0.05, 0.1) is 11.7 Å². The summed E-state index contributed by atoms with van der Waals surface area (Å²) in [5, 5.41) is 12.6. The van der Waals surface area contributed by atoms with Crippen molar-refractivity contribution in [2.75, 3.05) is 12.8 Å². The number of halogens is 3. The number of amides is 1. The third kappa shape index (κ3) is 4.76. The third-order valence-corrected chi connectivity index (χ3v) is 4.50. The lowest BCUT2D eigenvalue weighted by Gasteiger charge is -2.18. The van der Waals surface area contributed by atoms with Crippen LogP contribution in [0.15, 0.2) is 47.4 Å². The van der Waals surface area contributed by atoms with E-state index in [4.69, 9.17) is 0 Å². The van der Waals surface area contributed by atoms with E-state index in [2.05, 4.69) is 5.32 Å². The summed E-state index contributed by atoms with van der Waals surface area (Å²) in [6.07, 6.45) is -4.14. The zero-order chi connectivity index (χ0) is 18.6. The molecule has 0 saturated heterocycles. The molecule has 0 aromatic heterocycles. The molecule has 3 nitrogen and oxygen atoms in total. The van der Waals surface area contributed by atoms with Crippen molar-refractivity contribution in [2.24, 2.45) is 0 Å². The first kappa shape index (κ1) is 19.3. The smallest absolute Gasteiger partial charge is 0.387 e. The van der Waals surface area contributed by atoms with E-state index in [0.717, 1.165) is 16.5 Å². The summed E-state index contributed by atoms with van der Waals surface area (Å²) in [5.74, 6) is -0.433. The van der Waals surface area contributed by atoms with E-state index in [1.807, 2.05) is 12.3 Å². The number of hydrogen-bond donors (Lipinski definition) is 2. The summed E-state index contributed by atoms with van der Waals surface area (Å²) in [4.78, 5) is 13.2. The predicted molar refractivity (Wildman–Crippen MR) is 91.7 cm³/mol. The molecule has 2 aromatic rings. The van der Waals surface area contributed by atoms with Crippen molar-refractivity contribution in [1.29, 1.82) is 0 Å². The van der Waals surface area contributed by atoms with Gasteiger partial charge in [0.1, 0.15) is 0 Å². The fraction of sp³-hybridized carbons (Fsp3) is 0.278. The lowest BCUT2D eigenvalue weighted by atomic mass is 10.0. The van der Waals surface area contributed by atoms with Crippen LogP contribution in [0.4, 0.5) is 13.2 Å². The van der Waals surface area contributed by atoms with Crippen LogP contribution in [0.2, 0.25) is 0 Å². The van der Waals surface area contributed by atoms with Crippen LogP contribution in [0.5, 0.6) is 0 Å². The normalized spacial score (nSPS) is 12.7. The SMILES string of the molecule is CSc1ccc(C)c(C(=O)NCC(O)c2ccccc2C(F)(F)F)c1. The number of alkyl halides is 3. The molecule has 0 bridgehead atoms. The standard InChI is InChI=1S/C18H18F3NO2S/c1-11-7-8-12(25-2)9-14(11)17(24)22-10-16(23)13-5-3-4-6-15(13)18(19,20)21/h3-9,16,23H,10H2,1-2H3,(H,22,24). The first-order valence-corrected chi connectivity index (χ1v) is 8.73. The van der Waals surface area contributed by atoms with Gasteiger partial charge in [-0.2, -0.15) is 13.2 Å². The number of hydrogen-bond acceptors (Lipinski definition) is 3. The highest BCUT2D eigenvalue weighted by Crippen LogP contribution is 2.34. The second-order valence-electron chi connectivity index (χ2n) is 5.49. The van der Waals surface area contributed by atoms with Gasteiger partial charge in [0, 0.05) is 17.0 Å². The van der Waals surface area contributed by atoms with Crippen LogP contribution in [-0.2, 0) is 6.18 Å². The molecule has 2 aromatic carbocycles. The Morgan fingerprint density at radius 3 is 2.56 bits per heavy atom. The minimum atomic E-state index is -4.56. The van der Waals surface area contributed by atoms with Gasteiger partial charge in [0.25, 0.3) is 5.91 Å². The van der Waals surface area contributed by atoms with Crippen molar-refractivity contribution < 1.29 is 23.1 Å². The summed E-state index contributed by atoms with van der Waals surface area (Å²) in [6.45, 7) is 1.46. The highest BCUT2D eigenvalue weighted by atomic mass is 32.2. The zero-order valence-corrected chi connectivity index (χ0v) is 14.5. The van der Waals surface area contributed by atoms with Gasteiger partial charge in [-0.1, -0.05) is 24.3 Å². The van der Waals surface area contributed by atoms with Crippen molar-refractivity contribution in [2.45, 2.75) is 24.1 Å². The van der Waals surface area contributed by atoms with Crippen LogP contribution >= 0.6 is 11.8 Å². The second kappa shape index (κ2) is 7.93. The first-order chi connectivity index (χ1) is 11.7. The summed E-state index contributed by atoms with van der Waals surface area (Å²) < 4.78 is 39.0. The number of aryl methyl sites for hydroxylation is 1. The number of benzene rings is 2. The largest absolute Gasteiger partial charge is 0.416 e. The minimum Gasteiger partial charge on any atom is -0.387 e. The van der Waals surface area contributed by atoms with E-state index < -0.39 is 23.8 Å². The molecule has 25 heavy (non-hydrogen) atoms. The maximum Gasteiger partial charge on any atom is 0.416 e. The van der Waals surface area contributed by atoms with E-state index in [-0.39, 0.29) is 12.1 Å². The average molecular weight is 369 g/mol. The van der Waals surface area contributed by atoms with Gasteiger partial charge in [-0.3, -0.25) is 4.79 Å². The van der Waals surface area contributed by atoms with Crippen molar-refractivity contribution in [3.05, 3.63) is 64.7 Å². The van der Waals surface area contributed by atoms with Crippen LogP contribution < -0.4 is 5.32 Å². The fourth-order valence-corrected chi connectivity index (χ4v) is 2.85. The molecule has 0 heterocycles. The summed E-state index contributed by atoms with van der Waals surface area (Å²) in [7, 11) is 0. The molecule has 0 spiro atoms. The zero-order valence-electron chi connectivity index (χ0n) is 13.7. The fourth-order valence-electron chi connectivity index (χ4n) is 2.41. The van der Waals surface area contributed by atoms with E-state index in [1.54, 1.807) is 19.1 Å². The molecule has 2 N–H and O–H groups in total. The number of carbonyl (C=O) groups excluding carboxylic acids is 1. The molecule has 0 radical (unpaired) electrons. The summed E-state index contributed by atoms with van der Waals surface area (Å²) in [5.41, 5.74) is 0.0193. The Morgan fingerprint density at radius 1 is 1.24 bits per heavy atom. The molecule has 1 unspecified atom stereocenters. The molecular formula is C18H18F3NO2S. The van der Waals surface area contributed by atoms with E-state index >= 15 is 0 Å². The maximum absolute atomic E-state index is 13.0. The van der Waals surface area contributed by atoms with Gasteiger partial charge in [-0.15, -0.1) is 11.8 Å². The van der Waals surface area contributed by atoms with Crippen molar-refractivity contribution in [3.8, 4) is 0 Å². The molecule has 7 heteroatoms. The average Bonchev–Trinajstić information content (AvgIpc) is 2.59. The lowest BCUT2D eigenvalue weighted by molar-refractivity contribution is -0.139. The lowest BCUT2D eigenvalue weighted by Crippen LogP contribution is -2.29. The quantitative estimate of drug-likeness (QED) is 0.777. The Balaban J connectivity index is 2.13. The van der Waals surface area contributed by atoms with E-state index in [9.17, 15) is 23.1 Å². The van der Waals surface area contributed by atoms with Crippen LogP contribution in [0.25, 0.3) is 0 Å². The number of aliphatic hydroxyl groups is 1. The minimum absolute atomic E-state index is 0.259. The number of carbonyl (C=O) groups is 1. The van der Waals surface area contributed by atoms with Crippen molar-refractivity contribution in [3.63, 3.8) is 0 Å². The van der Waals surface area contributed by atoms with Crippen LogP contribution in [-0.4, -0.2) is 23.8 Å². The van der Waals surface area contributed by atoms with E-state index in [1.165, 1.54) is 30.0 Å². The molecule has 134 valence electrons. The Labute approximate surface area is 148 Å². The monoisotopic (exact) mass is 369 g/mol. The van der Waals surface area contributed by atoms with Gasteiger partial charge in [-0.05, 0) is 42.5 Å². The highest BCUT2D eigenvalue weighted by molar-refractivity contribution is 7.98. The first-order valence-electron chi connectivity index (χ1n) is 7.51. The maximum atomic E-state index is 13.0. The molecule has 0 aliphatic heterocycles. The van der Waals surface area contributed by atoms with Gasteiger partial charge in [0.2, 0.25) is 0 Å². The van der Waals surface area contributed by atoms with E-state index in [0.29, 0.717) is 5.56 Å². The van der Waals surface area contributed by atoms with Gasteiger partial charge < -0.3 is 10.4 Å². The molecule has 1 atom stereocenters. The van der Waals surface area contributed by atoms with Crippen LogP contribution in [0.3, 0.4) is 0 Å². The summed E-state index contributed by atoms with van der Waals surface area (Å²) in [6, 6.07) is 10.2. The second-order valence-corrected chi connectivity index (χ2v) is 6.37. The Hall–Kier alpha value is -1.99. The topological polar surface area (TPSA) is 49.3 Å². The van der Waals surface area contributed by atoms with Crippen LogP contribution in [0.1, 0.15) is 33.2 Å². The molecule has 0 fully saturated rings. The number of nitrogens with one attached hydrogen (secondary N) is 1.